The first-order valence-electron chi connectivity index (χ1n) is 11.0. The third kappa shape index (κ3) is 4.59. The second-order valence-electron chi connectivity index (χ2n) is 8.44. The highest BCUT2D eigenvalue weighted by Gasteiger charge is 2.53. The first-order chi connectivity index (χ1) is 16.6. The molecule has 0 spiro atoms. The number of hydrogen-bond donors (Lipinski definition) is 3. The van der Waals surface area contributed by atoms with Gasteiger partial charge >= 0.3 is 6.03 Å². The lowest BCUT2D eigenvalue weighted by atomic mass is 9.95. The molecule has 12 heteroatoms. The molecule has 1 aromatic carbocycles. The van der Waals surface area contributed by atoms with Crippen LogP contribution in [0, 0.1) is 0 Å². The molecule has 0 saturated carbocycles. The lowest BCUT2D eigenvalue weighted by Gasteiger charge is -2.29. The standard InChI is InChI=1S/C23H26N4O7S/c1-3-5-17-14(6-4-9-33-2)12-27(20(17)28)13-23(21(29)25-22(30)26-23)19-11-15-10-16(35(24,31)32)7-8-18(15)34-19/h4,6-8,10-11H,3,5,9,12-13H2,1-2H3,(H2,24,31,32)(H2,25,26,29,30)/b6-4-/t23-/m0/s1. The molecule has 3 heterocycles. The Kier molecular flexibility index (Phi) is 6.54. The molecule has 4 N–H and O–H groups in total. The van der Waals surface area contributed by atoms with Crippen LogP contribution in [0.5, 0.6) is 0 Å². The molecule has 1 saturated heterocycles. The number of hydrogen-bond acceptors (Lipinski definition) is 7. The molecule has 186 valence electrons. The van der Waals surface area contributed by atoms with E-state index >= 15 is 0 Å². The molecule has 2 aliphatic heterocycles. The van der Waals surface area contributed by atoms with E-state index in [-0.39, 0.29) is 29.7 Å². The van der Waals surface area contributed by atoms with E-state index in [1.54, 1.807) is 7.11 Å². The summed E-state index contributed by atoms with van der Waals surface area (Å²) in [6, 6.07) is 4.76. The number of imide groups is 1. The highest BCUT2D eigenvalue weighted by atomic mass is 32.2. The number of sulfonamides is 1. The molecule has 4 amide bonds. The second-order valence-corrected chi connectivity index (χ2v) is 10.0. The number of primary sulfonamides is 1. The van der Waals surface area contributed by atoms with Crippen molar-refractivity contribution < 1.29 is 32.0 Å². The highest BCUT2D eigenvalue weighted by Crippen LogP contribution is 2.35. The fourth-order valence-corrected chi connectivity index (χ4v) is 4.88. The number of benzene rings is 1. The van der Waals surface area contributed by atoms with Crippen molar-refractivity contribution in [1.29, 1.82) is 0 Å². The average molecular weight is 503 g/mol. The van der Waals surface area contributed by atoms with Crippen molar-refractivity contribution in [2.24, 2.45) is 5.14 Å². The molecular weight excluding hydrogens is 476 g/mol. The molecule has 0 radical (unpaired) electrons. The molecule has 2 aromatic rings. The van der Waals surface area contributed by atoms with Gasteiger partial charge in [-0.15, -0.1) is 0 Å². The molecular formula is C23H26N4O7S. The van der Waals surface area contributed by atoms with E-state index in [1.807, 2.05) is 19.1 Å². The number of nitrogens with zero attached hydrogens (tertiary/aromatic N) is 1. The Morgan fingerprint density at radius 1 is 1.26 bits per heavy atom. The Morgan fingerprint density at radius 2 is 2.03 bits per heavy atom. The predicted octanol–water partition coefficient (Wildman–Crippen LogP) is 1.26. The van der Waals surface area contributed by atoms with E-state index in [9.17, 15) is 22.8 Å². The van der Waals surface area contributed by atoms with E-state index in [4.69, 9.17) is 14.3 Å². The van der Waals surface area contributed by atoms with Gasteiger partial charge in [0.05, 0.1) is 18.0 Å². The maximum Gasteiger partial charge on any atom is 0.322 e. The topological polar surface area (TPSA) is 161 Å². The Morgan fingerprint density at radius 3 is 2.66 bits per heavy atom. The second kappa shape index (κ2) is 9.29. The van der Waals surface area contributed by atoms with Gasteiger partial charge in [-0.25, -0.2) is 18.4 Å². The molecule has 1 fully saturated rings. The number of nitrogens with two attached hydrogens (primary N) is 1. The van der Waals surface area contributed by atoms with Crippen molar-refractivity contribution in [1.82, 2.24) is 15.5 Å². The van der Waals surface area contributed by atoms with E-state index in [0.29, 0.717) is 29.6 Å². The number of nitrogens with one attached hydrogen (secondary N) is 2. The van der Waals surface area contributed by atoms with Gasteiger partial charge in [0.2, 0.25) is 10.0 Å². The van der Waals surface area contributed by atoms with Crippen molar-refractivity contribution in [3.05, 3.63) is 53.3 Å². The van der Waals surface area contributed by atoms with Crippen LogP contribution >= 0.6 is 0 Å². The fraction of sp³-hybridized carbons (Fsp3) is 0.348. The van der Waals surface area contributed by atoms with Crippen LogP contribution in [0.15, 0.2) is 56.9 Å². The molecule has 1 aromatic heterocycles. The van der Waals surface area contributed by atoms with E-state index in [0.717, 1.165) is 12.0 Å². The third-order valence-electron chi connectivity index (χ3n) is 5.98. The summed E-state index contributed by atoms with van der Waals surface area (Å²) in [6.07, 6.45) is 4.97. The minimum Gasteiger partial charge on any atom is -0.458 e. The summed E-state index contributed by atoms with van der Waals surface area (Å²) in [7, 11) is -2.39. The Bertz CT molecular complexity index is 1380. The molecule has 1 atom stereocenters. The molecule has 0 bridgehead atoms. The Balaban J connectivity index is 1.72. The highest BCUT2D eigenvalue weighted by molar-refractivity contribution is 7.89. The number of carbonyl (C=O) groups is 3. The van der Waals surface area contributed by atoms with Crippen molar-refractivity contribution in [2.75, 3.05) is 26.8 Å². The lowest BCUT2D eigenvalue weighted by molar-refractivity contribution is -0.130. The monoisotopic (exact) mass is 502 g/mol. The summed E-state index contributed by atoms with van der Waals surface area (Å²) < 4.78 is 34.4. The van der Waals surface area contributed by atoms with Gasteiger partial charge in [0.25, 0.3) is 11.8 Å². The Labute approximate surface area is 202 Å². The number of urea groups is 1. The van der Waals surface area contributed by atoms with Crippen molar-refractivity contribution in [3.63, 3.8) is 0 Å². The van der Waals surface area contributed by atoms with Gasteiger partial charge in [0.15, 0.2) is 5.54 Å². The number of amides is 4. The smallest absolute Gasteiger partial charge is 0.322 e. The van der Waals surface area contributed by atoms with E-state index in [2.05, 4.69) is 10.6 Å². The number of rotatable bonds is 9. The van der Waals surface area contributed by atoms with Crippen LogP contribution in [0.2, 0.25) is 0 Å². The van der Waals surface area contributed by atoms with Crippen LogP contribution in [0.1, 0.15) is 25.5 Å². The first kappa shape index (κ1) is 24.6. The molecule has 0 aliphatic carbocycles. The number of furan rings is 1. The SMILES string of the molecule is CCCC1=C(/C=C\COC)CN(C[C@@]2(c3cc4cc(S(N)(=O)=O)ccc4o3)NC(=O)NC2=O)C1=O. The summed E-state index contributed by atoms with van der Waals surface area (Å²) in [5.41, 5.74) is 0.0519. The van der Waals surface area contributed by atoms with Crippen LogP contribution in [-0.2, 0) is 29.9 Å². The molecule has 2 aliphatic rings. The zero-order valence-electron chi connectivity index (χ0n) is 19.3. The quantitative estimate of drug-likeness (QED) is 0.435. The van der Waals surface area contributed by atoms with Crippen LogP contribution < -0.4 is 15.8 Å². The van der Waals surface area contributed by atoms with E-state index < -0.39 is 27.5 Å². The van der Waals surface area contributed by atoms with Crippen molar-refractivity contribution in [2.45, 2.75) is 30.2 Å². The number of carbonyl (C=O) groups excluding carboxylic acids is 3. The van der Waals surface area contributed by atoms with Gasteiger partial charge < -0.3 is 19.4 Å². The summed E-state index contributed by atoms with van der Waals surface area (Å²) in [5.74, 6) is -0.845. The minimum atomic E-state index is -3.96. The largest absolute Gasteiger partial charge is 0.458 e. The van der Waals surface area contributed by atoms with Gasteiger partial charge in [0, 0.05) is 24.6 Å². The maximum absolute atomic E-state index is 13.3. The lowest BCUT2D eigenvalue weighted by Crippen LogP contribution is -2.53. The molecule has 11 nitrogen and oxygen atoms in total. The van der Waals surface area contributed by atoms with Crippen molar-refractivity contribution >= 4 is 38.8 Å². The number of ether oxygens (including phenoxy) is 1. The van der Waals surface area contributed by atoms with Gasteiger partial charge in [-0.2, -0.15) is 0 Å². The summed E-state index contributed by atoms with van der Waals surface area (Å²) in [6.45, 7) is 2.42. The van der Waals surface area contributed by atoms with Gasteiger partial charge in [-0.05, 0) is 36.3 Å². The summed E-state index contributed by atoms with van der Waals surface area (Å²) in [5, 5.41) is 10.4. The number of methoxy groups -OCH3 is 1. The minimum absolute atomic E-state index is 0.0654. The molecule has 35 heavy (non-hydrogen) atoms. The normalized spacial score (nSPS) is 21.0. The maximum atomic E-state index is 13.3. The van der Waals surface area contributed by atoms with Crippen LogP contribution in [-0.4, -0.2) is 58.0 Å². The van der Waals surface area contributed by atoms with Gasteiger partial charge in [-0.1, -0.05) is 25.5 Å². The van der Waals surface area contributed by atoms with Crippen molar-refractivity contribution in [3.8, 4) is 0 Å². The predicted molar refractivity (Wildman–Crippen MR) is 125 cm³/mol. The molecule has 4 rings (SSSR count). The summed E-state index contributed by atoms with van der Waals surface area (Å²) in [4.78, 5) is 39.9. The fourth-order valence-electron chi connectivity index (χ4n) is 4.34. The zero-order valence-corrected chi connectivity index (χ0v) is 20.1. The van der Waals surface area contributed by atoms with Gasteiger partial charge in [-0.3, -0.25) is 14.9 Å². The van der Waals surface area contributed by atoms with E-state index in [1.165, 1.54) is 29.2 Å². The third-order valence-corrected chi connectivity index (χ3v) is 6.89. The van der Waals surface area contributed by atoms with Gasteiger partial charge in [0.1, 0.15) is 11.3 Å². The van der Waals surface area contributed by atoms with Crippen LogP contribution in [0.4, 0.5) is 4.79 Å². The molecule has 0 unspecified atom stereocenters. The van der Waals surface area contributed by atoms with Crippen LogP contribution in [0.25, 0.3) is 11.0 Å². The Hall–Kier alpha value is -3.48. The van der Waals surface area contributed by atoms with Crippen LogP contribution in [0.3, 0.4) is 0 Å². The number of fused-ring (bicyclic) bond motifs is 1. The average Bonchev–Trinajstić information content (AvgIpc) is 3.43. The summed E-state index contributed by atoms with van der Waals surface area (Å²) >= 11 is 0. The first-order valence-corrected chi connectivity index (χ1v) is 12.5. The zero-order chi connectivity index (χ0) is 25.4.